The number of nitrogens with two attached hydrogens (primary N) is 1. The Labute approximate surface area is 97.0 Å². The summed E-state index contributed by atoms with van der Waals surface area (Å²) in [6, 6.07) is 1.91. The van der Waals surface area contributed by atoms with E-state index < -0.39 is 6.03 Å². The molecule has 7 heteroatoms. The topological polar surface area (TPSA) is 108 Å². The van der Waals surface area contributed by atoms with E-state index >= 15 is 0 Å². The molecule has 0 aliphatic heterocycles. The second kappa shape index (κ2) is 5.43. The quantitative estimate of drug-likeness (QED) is 0.509. The van der Waals surface area contributed by atoms with Gasteiger partial charge in [-0.2, -0.15) is 0 Å². The number of hydrogen-bond acceptors (Lipinski definition) is 4. The number of nitrogens with one attached hydrogen (secondary N) is 2. The summed E-state index contributed by atoms with van der Waals surface area (Å²) >= 11 is 5.87. The Morgan fingerprint density at radius 2 is 2.12 bits per heavy atom. The van der Waals surface area contributed by atoms with Gasteiger partial charge in [0, 0.05) is 12.6 Å². The summed E-state index contributed by atoms with van der Waals surface area (Å²) in [4.78, 5) is 10.6. The molecule has 0 atom stereocenters. The molecule has 0 bridgehead atoms. The minimum absolute atomic E-state index is 0.0572. The number of aliphatic hydroxyl groups is 1. The van der Waals surface area contributed by atoms with Crippen LogP contribution in [-0.4, -0.2) is 29.4 Å². The van der Waals surface area contributed by atoms with E-state index in [1.54, 1.807) is 0 Å². The highest BCUT2D eigenvalue weighted by molar-refractivity contribution is 6.33. The van der Waals surface area contributed by atoms with Crippen LogP contribution in [0.4, 0.5) is 16.2 Å². The van der Waals surface area contributed by atoms with E-state index in [4.69, 9.17) is 22.4 Å². The fraction of sp³-hybridized carbons (Fsp3) is 0.222. The molecule has 0 saturated heterocycles. The summed E-state index contributed by atoms with van der Waals surface area (Å²) in [6.07, 6.45) is 0. The predicted octanol–water partition coefficient (Wildman–Crippen LogP) is 0.940. The number of hydrogen-bond donors (Lipinski definition) is 5. The normalized spacial score (nSPS) is 9.88. The summed E-state index contributed by atoms with van der Waals surface area (Å²) < 4.78 is 0. The van der Waals surface area contributed by atoms with Crippen molar-refractivity contribution in [2.45, 2.75) is 0 Å². The number of benzene rings is 1. The van der Waals surface area contributed by atoms with Crippen LogP contribution in [0, 0.1) is 0 Å². The van der Waals surface area contributed by atoms with Crippen molar-refractivity contribution >= 4 is 29.0 Å². The molecule has 6 N–H and O–H groups in total. The van der Waals surface area contributed by atoms with Crippen molar-refractivity contribution in [3.8, 4) is 5.75 Å². The number of urea groups is 1. The average molecular weight is 246 g/mol. The van der Waals surface area contributed by atoms with Crippen molar-refractivity contribution in [1.82, 2.24) is 0 Å². The van der Waals surface area contributed by atoms with Gasteiger partial charge in [0.05, 0.1) is 23.0 Å². The Morgan fingerprint density at radius 1 is 1.44 bits per heavy atom. The molecular formula is C9H12ClN3O3. The largest absolute Gasteiger partial charge is 0.506 e. The van der Waals surface area contributed by atoms with Crippen molar-refractivity contribution in [2.75, 3.05) is 23.8 Å². The van der Waals surface area contributed by atoms with Crippen LogP contribution in [0.25, 0.3) is 0 Å². The van der Waals surface area contributed by atoms with E-state index in [9.17, 15) is 9.90 Å². The summed E-state index contributed by atoms with van der Waals surface area (Å²) in [7, 11) is 0. The van der Waals surface area contributed by atoms with Gasteiger partial charge in [-0.05, 0) is 6.07 Å². The summed E-state index contributed by atoms with van der Waals surface area (Å²) in [6.45, 7) is 0.250. The molecule has 0 saturated carbocycles. The molecule has 0 aliphatic rings. The predicted molar refractivity (Wildman–Crippen MR) is 61.9 cm³/mol. The third kappa shape index (κ3) is 3.18. The first-order valence-corrected chi connectivity index (χ1v) is 4.86. The Morgan fingerprint density at radius 3 is 2.69 bits per heavy atom. The average Bonchev–Trinajstić information content (AvgIpc) is 2.20. The Kier molecular flexibility index (Phi) is 4.21. The lowest BCUT2D eigenvalue weighted by Gasteiger charge is -2.11. The van der Waals surface area contributed by atoms with Gasteiger partial charge >= 0.3 is 6.03 Å². The van der Waals surface area contributed by atoms with Crippen molar-refractivity contribution in [2.24, 2.45) is 5.73 Å². The SMILES string of the molecule is NC(=O)Nc1cc(Cl)c(NCCO)cc1O. The van der Waals surface area contributed by atoms with Crippen molar-refractivity contribution in [3.63, 3.8) is 0 Å². The van der Waals surface area contributed by atoms with Gasteiger partial charge in [-0.3, -0.25) is 0 Å². The molecule has 1 aromatic carbocycles. The van der Waals surface area contributed by atoms with Crippen LogP contribution in [0.5, 0.6) is 5.75 Å². The molecule has 0 spiro atoms. The van der Waals surface area contributed by atoms with Gasteiger partial charge in [-0.25, -0.2) is 4.79 Å². The number of primary amides is 1. The number of phenols is 1. The van der Waals surface area contributed by atoms with Gasteiger partial charge in [0.2, 0.25) is 0 Å². The highest BCUT2D eigenvalue weighted by Crippen LogP contribution is 2.33. The lowest BCUT2D eigenvalue weighted by Crippen LogP contribution is -2.19. The third-order valence-electron chi connectivity index (χ3n) is 1.77. The zero-order valence-corrected chi connectivity index (χ0v) is 9.08. The standard InChI is InChI=1S/C9H12ClN3O3/c10-5-3-7(13-9(11)16)8(15)4-6(5)12-1-2-14/h3-4,12,14-15H,1-2H2,(H3,11,13,16). The summed E-state index contributed by atoms with van der Waals surface area (Å²) in [5.74, 6) is -0.163. The molecule has 2 amide bonds. The number of anilines is 2. The summed E-state index contributed by atoms with van der Waals surface area (Å²) in [5.41, 5.74) is 5.50. The number of carbonyl (C=O) groups is 1. The van der Waals surface area contributed by atoms with Gasteiger partial charge in [0.1, 0.15) is 5.75 Å². The van der Waals surface area contributed by atoms with Crippen LogP contribution < -0.4 is 16.4 Å². The van der Waals surface area contributed by atoms with E-state index in [1.165, 1.54) is 12.1 Å². The molecular weight excluding hydrogens is 234 g/mol. The molecule has 1 rings (SSSR count). The fourth-order valence-corrected chi connectivity index (χ4v) is 1.35. The van der Waals surface area contributed by atoms with Gasteiger partial charge in [0.15, 0.2) is 0 Å². The number of carbonyl (C=O) groups excluding carboxylic acids is 1. The number of halogens is 1. The number of aromatic hydroxyl groups is 1. The first-order valence-electron chi connectivity index (χ1n) is 4.48. The zero-order chi connectivity index (χ0) is 12.1. The van der Waals surface area contributed by atoms with Crippen LogP contribution in [0.2, 0.25) is 5.02 Å². The molecule has 0 radical (unpaired) electrons. The molecule has 0 fully saturated rings. The molecule has 0 heterocycles. The Balaban J connectivity index is 2.92. The molecule has 0 aliphatic carbocycles. The maximum Gasteiger partial charge on any atom is 0.316 e. The maximum atomic E-state index is 10.6. The number of rotatable bonds is 4. The molecule has 6 nitrogen and oxygen atoms in total. The van der Waals surface area contributed by atoms with E-state index in [-0.39, 0.29) is 18.0 Å². The van der Waals surface area contributed by atoms with Gasteiger partial charge in [0.25, 0.3) is 0 Å². The van der Waals surface area contributed by atoms with Gasteiger partial charge < -0.3 is 26.6 Å². The van der Waals surface area contributed by atoms with Crippen LogP contribution in [0.15, 0.2) is 12.1 Å². The monoisotopic (exact) mass is 245 g/mol. The molecule has 16 heavy (non-hydrogen) atoms. The second-order valence-electron chi connectivity index (χ2n) is 2.99. The first-order chi connectivity index (χ1) is 7.54. The summed E-state index contributed by atoms with van der Waals surface area (Å²) in [5, 5.41) is 23.5. The number of amides is 2. The van der Waals surface area contributed by atoms with Crippen LogP contribution in [-0.2, 0) is 0 Å². The van der Waals surface area contributed by atoms with Gasteiger partial charge in [-0.1, -0.05) is 11.6 Å². The first kappa shape index (κ1) is 12.4. The van der Waals surface area contributed by atoms with E-state index in [2.05, 4.69) is 10.6 Å². The second-order valence-corrected chi connectivity index (χ2v) is 3.40. The third-order valence-corrected chi connectivity index (χ3v) is 2.08. The Hall–Kier alpha value is -1.66. The van der Waals surface area contributed by atoms with E-state index in [0.29, 0.717) is 17.3 Å². The molecule has 0 aromatic heterocycles. The minimum atomic E-state index is -0.789. The lowest BCUT2D eigenvalue weighted by atomic mass is 10.2. The number of aliphatic hydroxyl groups excluding tert-OH is 1. The fourth-order valence-electron chi connectivity index (χ4n) is 1.12. The van der Waals surface area contributed by atoms with Crippen molar-refractivity contribution in [3.05, 3.63) is 17.2 Å². The van der Waals surface area contributed by atoms with Gasteiger partial charge in [-0.15, -0.1) is 0 Å². The lowest BCUT2D eigenvalue weighted by molar-refractivity contribution is 0.259. The van der Waals surface area contributed by atoms with Crippen molar-refractivity contribution < 1.29 is 15.0 Å². The zero-order valence-electron chi connectivity index (χ0n) is 8.33. The number of phenolic OH excluding ortho intramolecular Hbond substituents is 1. The van der Waals surface area contributed by atoms with E-state index in [1.807, 2.05) is 0 Å². The molecule has 1 aromatic rings. The smallest absolute Gasteiger partial charge is 0.316 e. The molecule has 88 valence electrons. The molecule has 0 unspecified atom stereocenters. The maximum absolute atomic E-state index is 10.6. The van der Waals surface area contributed by atoms with E-state index in [0.717, 1.165) is 0 Å². The minimum Gasteiger partial charge on any atom is -0.506 e. The highest BCUT2D eigenvalue weighted by Gasteiger charge is 2.08. The van der Waals surface area contributed by atoms with Crippen molar-refractivity contribution in [1.29, 1.82) is 0 Å². The Bertz CT molecular complexity index is 398. The van der Waals surface area contributed by atoms with Crippen LogP contribution >= 0.6 is 11.6 Å². The highest BCUT2D eigenvalue weighted by atomic mass is 35.5. The van der Waals surface area contributed by atoms with Crippen LogP contribution in [0.1, 0.15) is 0 Å². The van der Waals surface area contributed by atoms with Crippen LogP contribution in [0.3, 0.4) is 0 Å².